The summed E-state index contributed by atoms with van der Waals surface area (Å²) in [5.74, 6) is -0.196. The van der Waals surface area contributed by atoms with Crippen molar-refractivity contribution in [1.82, 2.24) is 14.9 Å². The Morgan fingerprint density at radius 1 is 1.39 bits per heavy atom. The lowest BCUT2D eigenvalue weighted by Crippen LogP contribution is -2.32. The van der Waals surface area contributed by atoms with Crippen LogP contribution in [0.2, 0.25) is 0 Å². The minimum Gasteiger partial charge on any atom is -0.333 e. The molecule has 2 aromatic rings. The number of nitrogens with zero attached hydrogens (tertiary/aromatic N) is 2. The predicted octanol–water partition coefficient (Wildman–Crippen LogP) is 2.28. The number of imidazole rings is 1. The number of hydrogen-bond acceptors (Lipinski definition) is 2. The van der Waals surface area contributed by atoms with E-state index >= 15 is 0 Å². The van der Waals surface area contributed by atoms with Crippen molar-refractivity contribution in [3.05, 3.63) is 53.4 Å². The highest BCUT2D eigenvalue weighted by atomic mass is 19.1. The van der Waals surface area contributed by atoms with Crippen LogP contribution in [-0.4, -0.2) is 16.1 Å². The van der Waals surface area contributed by atoms with E-state index in [1.807, 2.05) is 18.5 Å². The summed E-state index contributed by atoms with van der Waals surface area (Å²) in [6.45, 7) is 3.93. The van der Waals surface area contributed by atoms with E-state index in [-0.39, 0.29) is 11.9 Å². The van der Waals surface area contributed by atoms with Crippen LogP contribution in [-0.2, 0) is 13.0 Å². The summed E-state index contributed by atoms with van der Waals surface area (Å²) in [7, 11) is 0. The van der Waals surface area contributed by atoms with Crippen molar-refractivity contribution < 1.29 is 4.39 Å². The van der Waals surface area contributed by atoms with Crippen molar-refractivity contribution in [1.29, 1.82) is 0 Å². The molecule has 3 nitrogen and oxygen atoms in total. The standard InChI is InChI=1S/C14H16FN3/c1-2-18-9-17-12-7-8-16-13(14(12)18)10-3-5-11(15)6-4-10/h3-6,9,13,16H,2,7-8H2,1H3. The highest BCUT2D eigenvalue weighted by Gasteiger charge is 2.25. The molecule has 1 aliphatic rings. The van der Waals surface area contributed by atoms with Crippen LogP contribution in [0.25, 0.3) is 0 Å². The maximum absolute atomic E-state index is 13.0. The molecule has 1 N–H and O–H groups in total. The lowest BCUT2D eigenvalue weighted by atomic mass is 9.97. The molecule has 0 radical (unpaired) electrons. The van der Waals surface area contributed by atoms with E-state index in [2.05, 4.69) is 21.8 Å². The van der Waals surface area contributed by atoms with E-state index in [9.17, 15) is 4.39 Å². The minimum absolute atomic E-state index is 0.122. The highest BCUT2D eigenvalue weighted by molar-refractivity contribution is 5.33. The molecule has 0 amide bonds. The van der Waals surface area contributed by atoms with E-state index in [4.69, 9.17) is 0 Å². The summed E-state index contributed by atoms with van der Waals surface area (Å²) in [5.41, 5.74) is 3.47. The zero-order chi connectivity index (χ0) is 12.5. The van der Waals surface area contributed by atoms with Gasteiger partial charge in [0.15, 0.2) is 0 Å². The largest absolute Gasteiger partial charge is 0.333 e. The Labute approximate surface area is 106 Å². The van der Waals surface area contributed by atoms with E-state index < -0.39 is 0 Å². The average Bonchev–Trinajstić information content (AvgIpc) is 2.82. The van der Waals surface area contributed by atoms with Gasteiger partial charge in [-0.3, -0.25) is 0 Å². The van der Waals surface area contributed by atoms with Gasteiger partial charge in [0.25, 0.3) is 0 Å². The summed E-state index contributed by atoms with van der Waals surface area (Å²) < 4.78 is 15.2. The van der Waals surface area contributed by atoms with E-state index in [0.29, 0.717) is 0 Å². The smallest absolute Gasteiger partial charge is 0.123 e. The maximum atomic E-state index is 13.0. The van der Waals surface area contributed by atoms with Crippen molar-refractivity contribution in [3.8, 4) is 0 Å². The molecule has 18 heavy (non-hydrogen) atoms. The first-order valence-electron chi connectivity index (χ1n) is 6.32. The molecule has 1 unspecified atom stereocenters. The molecule has 3 rings (SSSR count). The molecule has 0 saturated heterocycles. The van der Waals surface area contributed by atoms with E-state index in [1.165, 1.54) is 17.8 Å². The lowest BCUT2D eigenvalue weighted by molar-refractivity contribution is 0.523. The summed E-state index contributed by atoms with van der Waals surface area (Å²) in [6.07, 6.45) is 2.86. The predicted molar refractivity (Wildman–Crippen MR) is 67.9 cm³/mol. The first-order valence-corrected chi connectivity index (χ1v) is 6.32. The molecular formula is C14H16FN3. The molecule has 1 aromatic carbocycles. The molecule has 1 atom stereocenters. The van der Waals surface area contributed by atoms with Crippen LogP contribution < -0.4 is 5.32 Å². The molecule has 94 valence electrons. The van der Waals surface area contributed by atoms with Gasteiger partial charge in [-0.05, 0) is 24.6 Å². The van der Waals surface area contributed by atoms with E-state index in [1.54, 1.807) is 0 Å². The van der Waals surface area contributed by atoms with Gasteiger partial charge in [-0.25, -0.2) is 9.37 Å². The molecule has 0 aliphatic carbocycles. The molecule has 1 aromatic heterocycles. The third-order valence-corrected chi connectivity index (χ3v) is 3.49. The number of aromatic nitrogens is 2. The van der Waals surface area contributed by atoms with Gasteiger partial charge < -0.3 is 9.88 Å². The fourth-order valence-corrected chi connectivity index (χ4v) is 2.57. The number of benzene rings is 1. The molecule has 4 heteroatoms. The van der Waals surface area contributed by atoms with Crippen molar-refractivity contribution >= 4 is 0 Å². The van der Waals surface area contributed by atoms with Crippen molar-refractivity contribution in [3.63, 3.8) is 0 Å². The second-order valence-electron chi connectivity index (χ2n) is 4.55. The van der Waals surface area contributed by atoms with Crippen LogP contribution >= 0.6 is 0 Å². The number of fused-ring (bicyclic) bond motifs is 1. The molecule has 0 fully saturated rings. The normalized spacial score (nSPS) is 18.7. The van der Waals surface area contributed by atoms with Crippen LogP contribution in [0, 0.1) is 5.82 Å². The van der Waals surface area contributed by atoms with Gasteiger partial charge in [-0.15, -0.1) is 0 Å². The number of hydrogen-bond donors (Lipinski definition) is 1. The lowest BCUT2D eigenvalue weighted by Gasteiger charge is -2.26. The zero-order valence-corrected chi connectivity index (χ0v) is 10.4. The van der Waals surface area contributed by atoms with Crippen molar-refractivity contribution in [2.75, 3.05) is 6.54 Å². The van der Waals surface area contributed by atoms with Crippen LogP contribution in [0.3, 0.4) is 0 Å². The van der Waals surface area contributed by atoms with Crippen LogP contribution in [0.4, 0.5) is 4.39 Å². The van der Waals surface area contributed by atoms with Gasteiger partial charge in [0.05, 0.1) is 23.8 Å². The number of nitrogens with one attached hydrogen (secondary N) is 1. The third kappa shape index (κ3) is 1.82. The molecule has 1 aliphatic heterocycles. The number of halogens is 1. The molecular weight excluding hydrogens is 229 g/mol. The molecule has 0 saturated carbocycles. The average molecular weight is 245 g/mol. The summed E-state index contributed by atoms with van der Waals surface area (Å²) in [4.78, 5) is 4.47. The fourth-order valence-electron chi connectivity index (χ4n) is 2.57. The second-order valence-corrected chi connectivity index (χ2v) is 4.55. The minimum atomic E-state index is -0.196. The van der Waals surface area contributed by atoms with Gasteiger partial charge >= 0.3 is 0 Å². The second kappa shape index (κ2) is 4.53. The number of rotatable bonds is 2. The zero-order valence-electron chi connectivity index (χ0n) is 10.4. The summed E-state index contributed by atoms with van der Waals surface area (Å²) >= 11 is 0. The van der Waals surface area contributed by atoms with Gasteiger partial charge in [0.1, 0.15) is 5.82 Å². The van der Waals surface area contributed by atoms with Crippen LogP contribution in [0.1, 0.15) is 29.9 Å². The first-order chi connectivity index (χ1) is 8.79. The highest BCUT2D eigenvalue weighted by Crippen LogP contribution is 2.28. The van der Waals surface area contributed by atoms with Crippen molar-refractivity contribution in [2.45, 2.75) is 25.9 Å². The Balaban J connectivity index is 2.04. The number of aryl methyl sites for hydroxylation is 1. The monoisotopic (exact) mass is 245 g/mol. The molecule has 2 heterocycles. The van der Waals surface area contributed by atoms with Gasteiger partial charge in [-0.1, -0.05) is 12.1 Å². The Morgan fingerprint density at radius 2 is 2.17 bits per heavy atom. The third-order valence-electron chi connectivity index (χ3n) is 3.49. The van der Waals surface area contributed by atoms with Gasteiger partial charge in [0, 0.05) is 19.5 Å². The summed E-state index contributed by atoms with van der Waals surface area (Å²) in [5, 5.41) is 3.49. The fraction of sp³-hybridized carbons (Fsp3) is 0.357. The maximum Gasteiger partial charge on any atom is 0.123 e. The quantitative estimate of drug-likeness (QED) is 0.879. The van der Waals surface area contributed by atoms with Crippen LogP contribution in [0.15, 0.2) is 30.6 Å². The van der Waals surface area contributed by atoms with Gasteiger partial charge in [-0.2, -0.15) is 0 Å². The Bertz CT molecular complexity index is 531. The Morgan fingerprint density at radius 3 is 2.89 bits per heavy atom. The van der Waals surface area contributed by atoms with Crippen molar-refractivity contribution in [2.24, 2.45) is 0 Å². The van der Waals surface area contributed by atoms with E-state index in [0.717, 1.165) is 30.8 Å². The Kier molecular flexibility index (Phi) is 2.88. The first kappa shape index (κ1) is 11.4. The Hall–Kier alpha value is -1.68. The molecule has 0 spiro atoms. The topological polar surface area (TPSA) is 29.9 Å². The van der Waals surface area contributed by atoms with Crippen LogP contribution in [0.5, 0.6) is 0 Å². The summed E-state index contributed by atoms with van der Waals surface area (Å²) in [6, 6.07) is 6.83. The van der Waals surface area contributed by atoms with Gasteiger partial charge in [0.2, 0.25) is 0 Å². The molecule has 0 bridgehead atoms. The SMILES string of the molecule is CCn1cnc2c1C(c1ccc(F)cc1)NCC2.